The highest BCUT2D eigenvalue weighted by Crippen LogP contribution is 2.14. The first kappa shape index (κ1) is 14.1. The number of anilines is 1. The molecule has 2 amide bonds. The molecule has 0 spiro atoms. The lowest BCUT2D eigenvalue weighted by atomic mass is 10.2. The third kappa shape index (κ3) is 4.13. The molecule has 0 aliphatic carbocycles. The van der Waals surface area contributed by atoms with Crippen molar-refractivity contribution in [2.75, 3.05) is 12.4 Å². The van der Waals surface area contributed by atoms with Gasteiger partial charge in [0.15, 0.2) is 0 Å². The fourth-order valence-corrected chi connectivity index (χ4v) is 1.79. The van der Waals surface area contributed by atoms with Gasteiger partial charge in [0.2, 0.25) is 5.88 Å². The largest absolute Gasteiger partial charge is 0.481 e. The second kappa shape index (κ2) is 6.77. The van der Waals surface area contributed by atoms with Crippen LogP contribution in [0.2, 0.25) is 5.02 Å². The number of benzene rings is 1. The number of nitrogens with one attached hydrogen (secondary N) is 2. The predicted octanol–water partition coefficient (Wildman–Crippen LogP) is 3.07. The highest BCUT2D eigenvalue weighted by Gasteiger charge is 2.03. The van der Waals surface area contributed by atoms with Gasteiger partial charge in [-0.3, -0.25) is 0 Å². The first-order valence-corrected chi connectivity index (χ1v) is 6.34. The second-order valence-corrected chi connectivity index (χ2v) is 4.46. The molecule has 0 aliphatic heterocycles. The molecular weight excluding hydrogens is 278 g/mol. The molecule has 0 aliphatic rings. The van der Waals surface area contributed by atoms with Crippen molar-refractivity contribution in [2.24, 2.45) is 0 Å². The van der Waals surface area contributed by atoms with Crippen LogP contribution in [0, 0.1) is 0 Å². The minimum absolute atomic E-state index is 0.303. The quantitative estimate of drug-likeness (QED) is 0.910. The zero-order chi connectivity index (χ0) is 14.4. The van der Waals surface area contributed by atoms with Crippen LogP contribution in [0.5, 0.6) is 5.88 Å². The standard InChI is InChI=1S/C14H14ClN3O2/c1-20-13-7-10(5-6-16-13)9-17-14(19)18-12-4-2-3-11(15)8-12/h2-8H,9H2,1H3,(H2,17,18,19). The number of amides is 2. The number of hydrogen-bond donors (Lipinski definition) is 2. The molecule has 0 saturated carbocycles. The van der Waals surface area contributed by atoms with Gasteiger partial charge in [-0.1, -0.05) is 17.7 Å². The summed E-state index contributed by atoms with van der Waals surface area (Å²) < 4.78 is 5.02. The molecule has 0 radical (unpaired) electrons. The Labute approximate surface area is 121 Å². The van der Waals surface area contributed by atoms with E-state index in [1.807, 2.05) is 6.07 Å². The molecule has 104 valence electrons. The van der Waals surface area contributed by atoms with Crippen molar-refractivity contribution in [3.05, 3.63) is 53.2 Å². The molecule has 2 rings (SSSR count). The summed E-state index contributed by atoms with van der Waals surface area (Å²) in [4.78, 5) is 15.7. The van der Waals surface area contributed by atoms with Crippen LogP contribution in [-0.2, 0) is 6.54 Å². The van der Waals surface area contributed by atoms with Gasteiger partial charge in [0.1, 0.15) is 0 Å². The molecule has 0 bridgehead atoms. The highest BCUT2D eigenvalue weighted by molar-refractivity contribution is 6.30. The van der Waals surface area contributed by atoms with Gasteiger partial charge in [-0.25, -0.2) is 9.78 Å². The van der Waals surface area contributed by atoms with E-state index in [1.54, 1.807) is 43.6 Å². The zero-order valence-electron chi connectivity index (χ0n) is 10.9. The third-order valence-electron chi connectivity index (χ3n) is 2.54. The molecule has 0 unspecified atom stereocenters. The number of hydrogen-bond acceptors (Lipinski definition) is 3. The summed E-state index contributed by atoms with van der Waals surface area (Å²) in [5.41, 5.74) is 1.54. The van der Waals surface area contributed by atoms with Gasteiger partial charge in [0.05, 0.1) is 7.11 Å². The Bertz CT molecular complexity index is 604. The molecule has 0 saturated heterocycles. The topological polar surface area (TPSA) is 63.2 Å². The molecule has 6 heteroatoms. The lowest BCUT2D eigenvalue weighted by Gasteiger charge is -2.08. The van der Waals surface area contributed by atoms with E-state index >= 15 is 0 Å². The van der Waals surface area contributed by atoms with Crippen molar-refractivity contribution in [1.82, 2.24) is 10.3 Å². The summed E-state index contributed by atoms with van der Waals surface area (Å²) in [6.45, 7) is 0.380. The molecular formula is C14H14ClN3O2. The first-order chi connectivity index (χ1) is 9.67. The van der Waals surface area contributed by atoms with Gasteiger partial charge in [-0.2, -0.15) is 0 Å². The van der Waals surface area contributed by atoms with Gasteiger partial charge in [-0.15, -0.1) is 0 Å². The maximum absolute atomic E-state index is 11.7. The van der Waals surface area contributed by atoms with Crippen molar-refractivity contribution < 1.29 is 9.53 Å². The van der Waals surface area contributed by atoms with E-state index in [-0.39, 0.29) is 6.03 Å². The summed E-state index contributed by atoms with van der Waals surface area (Å²) in [7, 11) is 1.55. The van der Waals surface area contributed by atoms with Gasteiger partial charge in [-0.05, 0) is 29.8 Å². The SMILES string of the molecule is COc1cc(CNC(=O)Nc2cccc(Cl)c2)ccn1. The van der Waals surface area contributed by atoms with Crippen LogP contribution < -0.4 is 15.4 Å². The average Bonchev–Trinajstić information content (AvgIpc) is 2.45. The molecule has 5 nitrogen and oxygen atoms in total. The minimum atomic E-state index is -0.303. The second-order valence-electron chi connectivity index (χ2n) is 4.02. The molecule has 1 aromatic heterocycles. The Morgan fingerprint density at radius 2 is 2.20 bits per heavy atom. The fraction of sp³-hybridized carbons (Fsp3) is 0.143. The van der Waals surface area contributed by atoms with Crippen molar-refractivity contribution in [3.63, 3.8) is 0 Å². The number of nitrogens with zero attached hydrogens (tertiary/aromatic N) is 1. The highest BCUT2D eigenvalue weighted by atomic mass is 35.5. The smallest absolute Gasteiger partial charge is 0.319 e. The number of pyridine rings is 1. The van der Waals surface area contributed by atoms with E-state index in [1.165, 1.54) is 0 Å². The lowest BCUT2D eigenvalue weighted by molar-refractivity contribution is 0.251. The van der Waals surface area contributed by atoms with Crippen molar-refractivity contribution in [2.45, 2.75) is 6.54 Å². The summed E-state index contributed by atoms with van der Waals surface area (Å²) in [6, 6.07) is 10.2. The van der Waals surface area contributed by atoms with E-state index in [4.69, 9.17) is 16.3 Å². The number of urea groups is 1. The Balaban J connectivity index is 1.88. The van der Waals surface area contributed by atoms with Crippen LogP contribution in [0.1, 0.15) is 5.56 Å². The number of carbonyl (C=O) groups is 1. The van der Waals surface area contributed by atoms with Crippen LogP contribution in [0.15, 0.2) is 42.6 Å². The molecule has 2 aromatic rings. The van der Waals surface area contributed by atoms with Crippen LogP contribution in [0.4, 0.5) is 10.5 Å². The van der Waals surface area contributed by atoms with Gasteiger partial charge in [0, 0.05) is 29.5 Å². The Kier molecular flexibility index (Phi) is 4.79. The Morgan fingerprint density at radius 3 is 2.95 bits per heavy atom. The van der Waals surface area contributed by atoms with E-state index in [2.05, 4.69) is 15.6 Å². The van der Waals surface area contributed by atoms with Gasteiger partial charge in [0.25, 0.3) is 0 Å². The molecule has 0 fully saturated rings. The normalized spacial score (nSPS) is 9.90. The maximum atomic E-state index is 11.7. The predicted molar refractivity (Wildman–Crippen MR) is 78.1 cm³/mol. The molecule has 1 aromatic carbocycles. The molecule has 2 N–H and O–H groups in total. The number of rotatable bonds is 4. The lowest BCUT2D eigenvalue weighted by Crippen LogP contribution is -2.28. The van der Waals surface area contributed by atoms with Crippen LogP contribution >= 0.6 is 11.6 Å². The number of carbonyl (C=O) groups excluding carboxylic acids is 1. The Hall–Kier alpha value is -2.27. The zero-order valence-corrected chi connectivity index (χ0v) is 11.6. The maximum Gasteiger partial charge on any atom is 0.319 e. The van der Waals surface area contributed by atoms with E-state index in [0.717, 1.165) is 5.56 Å². The van der Waals surface area contributed by atoms with Crippen molar-refractivity contribution in [1.29, 1.82) is 0 Å². The van der Waals surface area contributed by atoms with E-state index < -0.39 is 0 Å². The summed E-state index contributed by atoms with van der Waals surface area (Å²) >= 11 is 5.84. The summed E-state index contributed by atoms with van der Waals surface area (Å²) in [5.74, 6) is 0.513. The molecule has 0 atom stereocenters. The minimum Gasteiger partial charge on any atom is -0.481 e. The number of aromatic nitrogens is 1. The van der Waals surface area contributed by atoms with Crippen molar-refractivity contribution >= 4 is 23.3 Å². The number of halogens is 1. The van der Waals surface area contributed by atoms with Gasteiger partial charge >= 0.3 is 6.03 Å². The first-order valence-electron chi connectivity index (χ1n) is 5.97. The van der Waals surface area contributed by atoms with Crippen LogP contribution in [0.3, 0.4) is 0 Å². The van der Waals surface area contributed by atoms with Crippen LogP contribution in [0.25, 0.3) is 0 Å². The summed E-state index contributed by atoms with van der Waals surface area (Å²) in [5, 5.41) is 6.01. The molecule has 1 heterocycles. The third-order valence-corrected chi connectivity index (χ3v) is 2.78. The monoisotopic (exact) mass is 291 g/mol. The van der Waals surface area contributed by atoms with Crippen molar-refractivity contribution in [3.8, 4) is 5.88 Å². The number of ether oxygens (including phenoxy) is 1. The fourth-order valence-electron chi connectivity index (χ4n) is 1.60. The summed E-state index contributed by atoms with van der Waals surface area (Å²) in [6.07, 6.45) is 1.63. The van der Waals surface area contributed by atoms with E-state index in [0.29, 0.717) is 23.1 Å². The van der Waals surface area contributed by atoms with Crippen LogP contribution in [-0.4, -0.2) is 18.1 Å². The molecule has 20 heavy (non-hydrogen) atoms. The number of methoxy groups -OCH3 is 1. The van der Waals surface area contributed by atoms with E-state index in [9.17, 15) is 4.79 Å². The van der Waals surface area contributed by atoms with Gasteiger partial charge < -0.3 is 15.4 Å². The average molecular weight is 292 g/mol. The Morgan fingerprint density at radius 1 is 1.35 bits per heavy atom.